The normalized spacial score (nSPS) is 11.1. The number of esters is 1. The summed E-state index contributed by atoms with van der Waals surface area (Å²) in [6.07, 6.45) is 16.0. The van der Waals surface area contributed by atoms with Crippen LogP contribution in [0.15, 0.2) is 12.2 Å². The predicted octanol–water partition coefficient (Wildman–Crippen LogP) is 4.00. The topological polar surface area (TPSA) is 46.5 Å². The first-order chi connectivity index (χ1) is 9.27. The van der Waals surface area contributed by atoms with Crippen molar-refractivity contribution < 1.29 is 14.6 Å². The van der Waals surface area contributed by atoms with Gasteiger partial charge in [-0.05, 0) is 25.7 Å². The van der Waals surface area contributed by atoms with E-state index >= 15 is 0 Å². The fraction of sp³-hybridized carbons (Fsp3) is 0.812. The highest BCUT2D eigenvalue weighted by molar-refractivity contribution is 5.65. The number of hydrogen-bond acceptors (Lipinski definition) is 3. The Morgan fingerprint density at radius 3 is 2.00 bits per heavy atom. The molecule has 0 aromatic rings. The van der Waals surface area contributed by atoms with Crippen molar-refractivity contribution in [2.75, 3.05) is 13.2 Å². The molecule has 0 amide bonds. The summed E-state index contributed by atoms with van der Waals surface area (Å²) >= 11 is 0. The van der Waals surface area contributed by atoms with E-state index in [1.165, 1.54) is 45.4 Å². The maximum Gasteiger partial charge on any atom is 0.302 e. The first-order valence-electron chi connectivity index (χ1n) is 7.66. The number of carbonyl (C=O) groups excluding carboxylic acids is 1. The van der Waals surface area contributed by atoms with Gasteiger partial charge in [0.05, 0.1) is 6.61 Å². The van der Waals surface area contributed by atoms with Gasteiger partial charge in [0.2, 0.25) is 0 Å². The maximum absolute atomic E-state index is 10.5. The van der Waals surface area contributed by atoms with Gasteiger partial charge in [-0.25, -0.2) is 0 Å². The Labute approximate surface area is 118 Å². The molecule has 0 aromatic heterocycles. The van der Waals surface area contributed by atoms with Crippen LogP contribution in [0.2, 0.25) is 0 Å². The van der Waals surface area contributed by atoms with E-state index in [-0.39, 0.29) is 12.6 Å². The lowest BCUT2D eigenvalue weighted by molar-refractivity contribution is -0.141. The van der Waals surface area contributed by atoms with Gasteiger partial charge < -0.3 is 9.84 Å². The minimum Gasteiger partial charge on any atom is -0.466 e. The Bertz CT molecular complexity index is 224. The summed E-state index contributed by atoms with van der Waals surface area (Å²) in [5, 5.41) is 8.59. The molecule has 0 saturated carbocycles. The van der Waals surface area contributed by atoms with E-state index in [0.29, 0.717) is 6.61 Å². The largest absolute Gasteiger partial charge is 0.466 e. The number of carbonyl (C=O) groups is 1. The van der Waals surface area contributed by atoms with Crippen LogP contribution in [0, 0.1) is 0 Å². The fourth-order valence-electron chi connectivity index (χ4n) is 1.95. The Hall–Kier alpha value is -0.830. The van der Waals surface area contributed by atoms with E-state index < -0.39 is 0 Å². The molecule has 3 heteroatoms. The molecule has 0 aliphatic rings. The Kier molecular flexibility index (Phi) is 14.6. The van der Waals surface area contributed by atoms with Gasteiger partial charge >= 0.3 is 5.97 Å². The van der Waals surface area contributed by atoms with E-state index in [9.17, 15) is 4.79 Å². The molecule has 0 heterocycles. The molecule has 0 unspecified atom stereocenters. The molecule has 0 saturated heterocycles. The molecule has 112 valence electrons. The van der Waals surface area contributed by atoms with Crippen LogP contribution < -0.4 is 0 Å². The monoisotopic (exact) mass is 270 g/mol. The van der Waals surface area contributed by atoms with Gasteiger partial charge in [0, 0.05) is 13.5 Å². The Morgan fingerprint density at radius 2 is 1.42 bits per heavy atom. The van der Waals surface area contributed by atoms with Crippen LogP contribution >= 0.6 is 0 Å². The van der Waals surface area contributed by atoms with Gasteiger partial charge in [-0.1, -0.05) is 50.7 Å². The lowest BCUT2D eigenvalue weighted by atomic mass is 10.1. The average Bonchev–Trinajstić information content (AvgIpc) is 2.39. The van der Waals surface area contributed by atoms with Crippen LogP contribution in [-0.4, -0.2) is 24.3 Å². The smallest absolute Gasteiger partial charge is 0.302 e. The summed E-state index contributed by atoms with van der Waals surface area (Å²) in [6, 6.07) is 0. The molecule has 0 fully saturated rings. The van der Waals surface area contributed by atoms with Gasteiger partial charge in [0.1, 0.15) is 0 Å². The summed E-state index contributed by atoms with van der Waals surface area (Å²) in [6.45, 7) is 2.29. The van der Waals surface area contributed by atoms with E-state index in [1.807, 2.05) is 0 Å². The molecular formula is C16H30O3. The van der Waals surface area contributed by atoms with E-state index in [4.69, 9.17) is 9.84 Å². The minimum absolute atomic E-state index is 0.173. The summed E-state index contributed by atoms with van der Waals surface area (Å²) in [7, 11) is 0. The molecule has 0 radical (unpaired) electrons. The highest BCUT2D eigenvalue weighted by Gasteiger charge is 1.94. The highest BCUT2D eigenvalue weighted by Crippen LogP contribution is 2.10. The molecule has 0 rings (SSSR count). The molecule has 3 nitrogen and oxygen atoms in total. The standard InChI is InChI=1S/C16H30O3/c1-16(18)19-15-13-11-9-7-5-3-2-4-6-8-10-12-14-17/h8,10,17H,2-7,9,11-15H2,1H3/b10-8+. The second kappa shape index (κ2) is 15.2. The zero-order chi connectivity index (χ0) is 14.2. The zero-order valence-electron chi connectivity index (χ0n) is 12.4. The SMILES string of the molecule is CC(=O)OCCCCCCCCCC/C=C/CCO. The van der Waals surface area contributed by atoms with Gasteiger partial charge in [0.25, 0.3) is 0 Å². The second-order valence-electron chi connectivity index (χ2n) is 4.94. The molecule has 0 aliphatic heterocycles. The fourth-order valence-corrected chi connectivity index (χ4v) is 1.95. The summed E-state index contributed by atoms with van der Waals surface area (Å²) in [5.41, 5.74) is 0. The molecule has 0 spiro atoms. The highest BCUT2D eigenvalue weighted by atomic mass is 16.5. The molecule has 19 heavy (non-hydrogen) atoms. The zero-order valence-corrected chi connectivity index (χ0v) is 12.4. The molecular weight excluding hydrogens is 240 g/mol. The van der Waals surface area contributed by atoms with Crippen LogP contribution in [0.3, 0.4) is 0 Å². The van der Waals surface area contributed by atoms with Crippen molar-refractivity contribution in [3.63, 3.8) is 0 Å². The van der Waals surface area contributed by atoms with E-state index in [2.05, 4.69) is 12.2 Å². The van der Waals surface area contributed by atoms with Gasteiger partial charge in [-0.2, -0.15) is 0 Å². The Morgan fingerprint density at radius 1 is 0.895 bits per heavy atom. The number of rotatable bonds is 13. The summed E-state index contributed by atoms with van der Waals surface area (Å²) < 4.78 is 4.88. The van der Waals surface area contributed by atoms with Crippen LogP contribution in [0.5, 0.6) is 0 Å². The molecule has 1 N–H and O–H groups in total. The molecule has 0 atom stereocenters. The average molecular weight is 270 g/mol. The minimum atomic E-state index is -0.173. The van der Waals surface area contributed by atoms with Crippen molar-refractivity contribution in [3.05, 3.63) is 12.2 Å². The number of aliphatic hydroxyl groups is 1. The number of aliphatic hydroxyl groups excluding tert-OH is 1. The van der Waals surface area contributed by atoms with Crippen molar-refractivity contribution in [2.45, 2.75) is 71.1 Å². The van der Waals surface area contributed by atoms with Crippen LogP contribution in [0.1, 0.15) is 71.1 Å². The quantitative estimate of drug-likeness (QED) is 0.312. The van der Waals surface area contributed by atoms with Crippen LogP contribution in [0.25, 0.3) is 0 Å². The number of unbranched alkanes of at least 4 members (excludes halogenated alkanes) is 8. The third kappa shape index (κ3) is 17.2. The lowest BCUT2D eigenvalue weighted by Crippen LogP contribution is -2.00. The van der Waals surface area contributed by atoms with E-state index in [0.717, 1.165) is 25.7 Å². The van der Waals surface area contributed by atoms with Crippen molar-refractivity contribution in [1.29, 1.82) is 0 Å². The second-order valence-corrected chi connectivity index (χ2v) is 4.94. The van der Waals surface area contributed by atoms with Crippen LogP contribution in [0.4, 0.5) is 0 Å². The first-order valence-corrected chi connectivity index (χ1v) is 7.66. The van der Waals surface area contributed by atoms with Gasteiger partial charge in [-0.3, -0.25) is 4.79 Å². The van der Waals surface area contributed by atoms with Crippen molar-refractivity contribution in [2.24, 2.45) is 0 Å². The predicted molar refractivity (Wildman–Crippen MR) is 79.0 cm³/mol. The number of allylic oxidation sites excluding steroid dienone is 1. The number of ether oxygens (including phenoxy) is 1. The van der Waals surface area contributed by atoms with Crippen molar-refractivity contribution in [3.8, 4) is 0 Å². The van der Waals surface area contributed by atoms with Gasteiger partial charge in [0.15, 0.2) is 0 Å². The van der Waals surface area contributed by atoms with E-state index in [1.54, 1.807) is 0 Å². The van der Waals surface area contributed by atoms with Crippen molar-refractivity contribution >= 4 is 5.97 Å². The first kappa shape index (κ1) is 18.2. The van der Waals surface area contributed by atoms with Crippen LogP contribution in [-0.2, 0) is 9.53 Å². The Balaban J connectivity index is 3.01. The third-order valence-electron chi connectivity index (χ3n) is 3.03. The lowest BCUT2D eigenvalue weighted by Gasteiger charge is -2.02. The summed E-state index contributed by atoms with van der Waals surface area (Å²) in [4.78, 5) is 10.5. The van der Waals surface area contributed by atoms with Gasteiger partial charge in [-0.15, -0.1) is 0 Å². The number of hydrogen-bond donors (Lipinski definition) is 1. The molecule has 0 aliphatic carbocycles. The molecule has 0 bridgehead atoms. The summed E-state index contributed by atoms with van der Waals surface area (Å²) in [5.74, 6) is -0.173. The third-order valence-corrected chi connectivity index (χ3v) is 3.03. The molecule has 0 aromatic carbocycles. The maximum atomic E-state index is 10.5. The van der Waals surface area contributed by atoms with Crippen molar-refractivity contribution in [1.82, 2.24) is 0 Å².